The largest absolute Gasteiger partial charge is 0.464 e. The number of ether oxygens (including phenoxy) is 1. The maximum atomic E-state index is 11.5. The van der Waals surface area contributed by atoms with Crippen LogP contribution in [0.15, 0.2) is 18.3 Å². The fraction of sp³-hybridized carbons (Fsp3) is 0.182. The highest BCUT2D eigenvalue weighted by Gasteiger charge is 2.16. The average Bonchev–Trinajstić information content (AvgIpc) is 2.63. The molecule has 0 fully saturated rings. The van der Waals surface area contributed by atoms with Gasteiger partial charge in [-0.25, -0.2) is 9.78 Å². The third-order valence-corrected chi connectivity index (χ3v) is 2.30. The highest BCUT2D eigenvalue weighted by Crippen LogP contribution is 2.14. The first-order chi connectivity index (χ1) is 7.67. The van der Waals surface area contributed by atoms with Crippen molar-refractivity contribution < 1.29 is 9.53 Å². The smallest absolute Gasteiger partial charge is 0.356 e. The summed E-state index contributed by atoms with van der Waals surface area (Å²) in [5.74, 6) is -0.458. The third-order valence-electron chi connectivity index (χ3n) is 2.30. The first-order valence-corrected chi connectivity index (χ1v) is 4.64. The number of imidazole rings is 1. The fourth-order valence-electron chi connectivity index (χ4n) is 1.57. The van der Waals surface area contributed by atoms with Crippen molar-refractivity contribution in [1.29, 1.82) is 5.26 Å². The first-order valence-electron chi connectivity index (χ1n) is 4.64. The van der Waals surface area contributed by atoms with Crippen LogP contribution in [0, 0.1) is 18.3 Å². The fourth-order valence-corrected chi connectivity index (χ4v) is 1.57. The Kier molecular flexibility index (Phi) is 2.33. The molecule has 0 aliphatic heterocycles. The number of methoxy groups -OCH3 is 1. The number of aromatic nitrogens is 2. The number of aryl methyl sites for hydroxylation is 1. The third kappa shape index (κ3) is 1.41. The summed E-state index contributed by atoms with van der Waals surface area (Å²) in [4.78, 5) is 15.8. The Hall–Kier alpha value is -2.35. The molecular weight excluding hydrogens is 206 g/mol. The zero-order valence-electron chi connectivity index (χ0n) is 8.89. The van der Waals surface area contributed by atoms with Crippen LogP contribution < -0.4 is 0 Å². The van der Waals surface area contributed by atoms with E-state index in [1.807, 2.05) is 6.07 Å². The van der Waals surface area contributed by atoms with Crippen molar-refractivity contribution in [1.82, 2.24) is 9.38 Å². The van der Waals surface area contributed by atoms with E-state index >= 15 is 0 Å². The Labute approximate surface area is 91.9 Å². The van der Waals surface area contributed by atoms with Gasteiger partial charge in [-0.1, -0.05) is 0 Å². The topological polar surface area (TPSA) is 67.4 Å². The number of nitrogens with zero attached hydrogens (tertiary/aromatic N) is 3. The molecule has 2 rings (SSSR count). The molecule has 2 aromatic heterocycles. The molecule has 0 unspecified atom stereocenters. The molecule has 0 aliphatic rings. The summed E-state index contributed by atoms with van der Waals surface area (Å²) in [5.41, 5.74) is 2.03. The molecule has 5 heteroatoms. The van der Waals surface area contributed by atoms with Gasteiger partial charge in [-0.3, -0.25) is 4.40 Å². The number of hydrogen-bond acceptors (Lipinski definition) is 4. The monoisotopic (exact) mass is 215 g/mol. The molecule has 0 N–H and O–H groups in total. The van der Waals surface area contributed by atoms with Crippen LogP contribution >= 0.6 is 0 Å². The minimum absolute atomic E-state index is 0.356. The van der Waals surface area contributed by atoms with E-state index in [0.29, 0.717) is 22.6 Å². The van der Waals surface area contributed by atoms with Gasteiger partial charge in [0.15, 0.2) is 5.69 Å². The van der Waals surface area contributed by atoms with E-state index in [-0.39, 0.29) is 0 Å². The summed E-state index contributed by atoms with van der Waals surface area (Å²) >= 11 is 0. The molecule has 80 valence electrons. The molecule has 0 saturated carbocycles. The van der Waals surface area contributed by atoms with Crippen molar-refractivity contribution >= 4 is 11.6 Å². The Morgan fingerprint density at radius 2 is 2.31 bits per heavy atom. The van der Waals surface area contributed by atoms with Crippen LogP contribution in [-0.2, 0) is 4.74 Å². The van der Waals surface area contributed by atoms with Gasteiger partial charge in [-0.2, -0.15) is 5.26 Å². The van der Waals surface area contributed by atoms with E-state index in [0.717, 1.165) is 0 Å². The molecule has 0 atom stereocenters. The highest BCUT2D eigenvalue weighted by molar-refractivity contribution is 5.90. The summed E-state index contributed by atoms with van der Waals surface area (Å²) in [5, 5.41) is 8.79. The minimum Gasteiger partial charge on any atom is -0.464 e. The van der Waals surface area contributed by atoms with Gasteiger partial charge in [-0.05, 0) is 19.1 Å². The van der Waals surface area contributed by atoms with Crippen molar-refractivity contribution in [3.63, 3.8) is 0 Å². The van der Waals surface area contributed by atoms with Gasteiger partial charge in [-0.15, -0.1) is 0 Å². The number of esters is 1. The van der Waals surface area contributed by atoms with E-state index in [1.54, 1.807) is 29.7 Å². The van der Waals surface area contributed by atoms with Gasteiger partial charge in [0.2, 0.25) is 0 Å². The molecule has 0 amide bonds. The number of nitriles is 1. The normalized spacial score (nSPS) is 10.1. The quantitative estimate of drug-likeness (QED) is 0.672. The molecule has 2 heterocycles. The van der Waals surface area contributed by atoms with Gasteiger partial charge >= 0.3 is 5.97 Å². The van der Waals surface area contributed by atoms with Crippen LogP contribution in [0.25, 0.3) is 5.65 Å². The number of carbonyl (C=O) groups is 1. The maximum Gasteiger partial charge on any atom is 0.356 e. The zero-order valence-corrected chi connectivity index (χ0v) is 8.89. The van der Waals surface area contributed by atoms with Crippen LogP contribution in [0.3, 0.4) is 0 Å². The molecule has 0 spiro atoms. The summed E-state index contributed by atoms with van der Waals surface area (Å²) in [6, 6.07) is 5.36. The SMILES string of the molecule is COC(=O)c1c(C)nc2ccc(C#N)cn12. The predicted octanol–water partition coefficient (Wildman–Crippen LogP) is 1.30. The molecule has 0 saturated heterocycles. The second kappa shape index (κ2) is 3.66. The summed E-state index contributed by atoms with van der Waals surface area (Å²) < 4.78 is 6.24. The summed E-state index contributed by atoms with van der Waals surface area (Å²) in [6.45, 7) is 1.73. The van der Waals surface area contributed by atoms with Crippen LogP contribution in [0.5, 0.6) is 0 Å². The molecule has 0 bridgehead atoms. The second-order valence-corrected chi connectivity index (χ2v) is 3.30. The second-order valence-electron chi connectivity index (χ2n) is 3.30. The molecule has 0 radical (unpaired) electrons. The standard InChI is InChI=1S/C11H9N3O2/c1-7-10(11(15)16-2)14-6-8(5-12)3-4-9(14)13-7/h3-4,6H,1-2H3. The first kappa shape index (κ1) is 10.2. The molecular formula is C11H9N3O2. The van der Waals surface area contributed by atoms with Gasteiger partial charge in [0.05, 0.1) is 18.4 Å². The Morgan fingerprint density at radius 3 is 2.94 bits per heavy atom. The van der Waals surface area contributed by atoms with Crippen LogP contribution in [0.4, 0.5) is 0 Å². The lowest BCUT2D eigenvalue weighted by Gasteiger charge is -2.00. The van der Waals surface area contributed by atoms with E-state index < -0.39 is 5.97 Å². The van der Waals surface area contributed by atoms with Gasteiger partial charge in [0, 0.05) is 6.20 Å². The minimum atomic E-state index is -0.458. The lowest BCUT2D eigenvalue weighted by Crippen LogP contribution is -2.07. The van der Waals surface area contributed by atoms with Crippen LogP contribution in [0.1, 0.15) is 21.7 Å². The molecule has 5 nitrogen and oxygen atoms in total. The molecule has 0 aliphatic carbocycles. The van der Waals surface area contributed by atoms with Crippen molar-refractivity contribution in [3.05, 3.63) is 35.3 Å². The summed E-state index contributed by atoms with van der Waals surface area (Å²) in [6.07, 6.45) is 1.57. The van der Waals surface area contributed by atoms with Crippen molar-refractivity contribution in [2.24, 2.45) is 0 Å². The van der Waals surface area contributed by atoms with Crippen molar-refractivity contribution in [3.8, 4) is 6.07 Å². The van der Waals surface area contributed by atoms with Gasteiger partial charge < -0.3 is 4.74 Å². The van der Waals surface area contributed by atoms with Crippen molar-refractivity contribution in [2.45, 2.75) is 6.92 Å². The number of hydrogen-bond donors (Lipinski definition) is 0. The Balaban J connectivity index is 2.77. The van der Waals surface area contributed by atoms with Gasteiger partial charge in [0.25, 0.3) is 0 Å². The van der Waals surface area contributed by atoms with Gasteiger partial charge in [0.1, 0.15) is 11.7 Å². The Bertz CT molecular complexity index is 607. The molecule has 2 aromatic rings. The van der Waals surface area contributed by atoms with Crippen LogP contribution in [0.2, 0.25) is 0 Å². The maximum absolute atomic E-state index is 11.5. The number of pyridine rings is 1. The lowest BCUT2D eigenvalue weighted by atomic mass is 10.3. The molecule has 0 aromatic carbocycles. The van der Waals surface area contributed by atoms with Crippen molar-refractivity contribution in [2.75, 3.05) is 7.11 Å². The molecule has 16 heavy (non-hydrogen) atoms. The van der Waals surface area contributed by atoms with E-state index in [2.05, 4.69) is 9.72 Å². The van der Waals surface area contributed by atoms with E-state index in [9.17, 15) is 4.79 Å². The van der Waals surface area contributed by atoms with E-state index in [4.69, 9.17) is 5.26 Å². The number of carbonyl (C=O) groups excluding carboxylic acids is 1. The highest BCUT2D eigenvalue weighted by atomic mass is 16.5. The average molecular weight is 215 g/mol. The van der Waals surface area contributed by atoms with Crippen LogP contribution in [-0.4, -0.2) is 22.5 Å². The summed E-state index contributed by atoms with van der Waals surface area (Å²) in [7, 11) is 1.31. The zero-order chi connectivity index (χ0) is 11.7. The number of fused-ring (bicyclic) bond motifs is 1. The Morgan fingerprint density at radius 1 is 1.56 bits per heavy atom. The predicted molar refractivity (Wildman–Crippen MR) is 56.0 cm³/mol. The number of rotatable bonds is 1. The van der Waals surface area contributed by atoms with E-state index in [1.165, 1.54) is 7.11 Å². The lowest BCUT2D eigenvalue weighted by molar-refractivity contribution is 0.0592.